The summed E-state index contributed by atoms with van der Waals surface area (Å²) in [4.78, 5) is 0. The van der Waals surface area contributed by atoms with Crippen LogP contribution in [0.5, 0.6) is 0 Å². The lowest BCUT2D eigenvalue weighted by Crippen LogP contribution is -2.18. The first kappa shape index (κ1) is 10.7. The first-order valence-electron chi connectivity index (χ1n) is 5.76. The summed E-state index contributed by atoms with van der Waals surface area (Å²) in [5.74, 6) is 0. The highest BCUT2D eigenvalue weighted by Gasteiger charge is 2.20. The first-order chi connectivity index (χ1) is 7.40. The molecule has 3 nitrogen and oxygen atoms in total. The summed E-state index contributed by atoms with van der Waals surface area (Å²) in [6.07, 6.45) is 5.94. The van der Waals surface area contributed by atoms with E-state index in [0.29, 0.717) is 0 Å². The normalized spacial score (nSPS) is 15.8. The van der Waals surface area contributed by atoms with Crippen molar-refractivity contribution in [2.24, 2.45) is 0 Å². The molecule has 1 fully saturated rings. The minimum Gasteiger partial charge on any atom is -0.385 e. The Labute approximate surface area is 91.4 Å². The Balaban J connectivity index is 1.78. The molecule has 0 amide bonds. The van der Waals surface area contributed by atoms with Gasteiger partial charge in [0.25, 0.3) is 0 Å². The van der Waals surface area contributed by atoms with E-state index in [4.69, 9.17) is 4.74 Å². The molecule has 1 aliphatic rings. The van der Waals surface area contributed by atoms with Gasteiger partial charge in [-0.25, -0.2) is 0 Å². The van der Waals surface area contributed by atoms with E-state index < -0.39 is 0 Å². The molecule has 84 valence electrons. The Kier molecular flexibility index (Phi) is 3.80. The number of ether oxygens (including phenoxy) is 1. The molecule has 1 saturated carbocycles. The summed E-state index contributed by atoms with van der Waals surface area (Å²) in [6.45, 7) is 2.90. The van der Waals surface area contributed by atoms with Gasteiger partial charge in [0.1, 0.15) is 0 Å². The van der Waals surface area contributed by atoms with Gasteiger partial charge in [-0.05, 0) is 31.4 Å². The number of hydrogen-bond donors (Lipinski definition) is 1. The van der Waals surface area contributed by atoms with Gasteiger partial charge in [0.05, 0.1) is 0 Å². The van der Waals surface area contributed by atoms with Gasteiger partial charge >= 0.3 is 0 Å². The number of methoxy groups -OCH3 is 1. The lowest BCUT2D eigenvalue weighted by Gasteiger charge is -2.09. The smallest absolute Gasteiger partial charge is 0.0479 e. The Morgan fingerprint density at radius 2 is 2.40 bits per heavy atom. The van der Waals surface area contributed by atoms with Crippen LogP contribution in [0.3, 0.4) is 0 Å². The van der Waals surface area contributed by atoms with Gasteiger partial charge in [-0.3, -0.25) is 0 Å². The SMILES string of the molecule is COCCCn1cccc1CNC1CC1. The highest BCUT2D eigenvalue weighted by Crippen LogP contribution is 2.19. The van der Waals surface area contributed by atoms with Gasteiger partial charge < -0.3 is 14.6 Å². The summed E-state index contributed by atoms with van der Waals surface area (Å²) in [7, 11) is 1.76. The molecule has 0 atom stereocenters. The van der Waals surface area contributed by atoms with Crippen molar-refractivity contribution in [1.82, 2.24) is 9.88 Å². The highest BCUT2D eigenvalue weighted by atomic mass is 16.5. The zero-order valence-electron chi connectivity index (χ0n) is 9.41. The zero-order valence-corrected chi connectivity index (χ0v) is 9.41. The molecule has 15 heavy (non-hydrogen) atoms. The summed E-state index contributed by atoms with van der Waals surface area (Å²) in [5.41, 5.74) is 1.39. The van der Waals surface area contributed by atoms with E-state index in [1.54, 1.807) is 7.11 Å². The molecule has 0 radical (unpaired) electrons. The minimum absolute atomic E-state index is 0.785. The van der Waals surface area contributed by atoms with Crippen LogP contribution in [0.4, 0.5) is 0 Å². The van der Waals surface area contributed by atoms with E-state index in [9.17, 15) is 0 Å². The van der Waals surface area contributed by atoms with E-state index >= 15 is 0 Å². The second-order valence-corrected chi connectivity index (χ2v) is 4.19. The maximum Gasteiger partial charge on any atom is 0.0479 e. The molecule has 0 bridgehead atoms. The molecule has 3 heteroatoms. The number of aromatic nitrogens is 1. The Hall–Kier alpha value is -0.800. The van der Waals surface area contributed by atoms with Crippen LogP contribution in [-0.4, -0.2) is 24.3 Å². The van der Waals surface area contributed by atoms with E-state index in [1.807, 2.05) is 0 Å². The fraction of sp³-hybridized carbons (Fsp3) is 0.667. The fourth-order valence-electron chi connectivity index (χ4n) is 1.74. The Bertz CT molecular complexity index is 292. The molecule has 0 aliphatic heterocycles. The van der Waals surface area contributed by atoms with Crippen molar-refractivity contribution in [1.29, 1.82) is 0 Å². The number of hydrogen-bond acceptors (Lipinski definition) is 2. The number of rotatable bonds is 7. The third-order valence-corrected chi connectivity index (χ3v) is 2.82. The van der Waals surface area contributed by atoms with Gasteiger partial charge in [0.2, 0.25) is 0 Å². The standard InChI is InChI=1S/C12H20N2O/c1-15-9-3-8-14-7-2-4-12(14)10-13-11-5-6-11/h2,4,7,11,13H,3,5-6,8-10H2,1H3. The average molecular weight is 208 g/mol. The molecule has 1 heterocycles. The molecular formula is C12H20N2O. The topological polar surface area (TPSA) is 26.2 Å². The van der Waals surface area contributed by atoms with Crippen molar-refractivity contribution < 1.29 is 4.74 Å². The third-order valence-electron chi connectivity index (χ3n) is 2.82. The van der Waals surface area contributed by atoms with Crippen molar-refractivity contribution in [2.45, 2.75) is 38.4 Å². The second kappa shape index (κ2) is 5.33. The van der Waals surface area contributed by atoms with E-state index in [0.717, 1.165) is 32.2 Å². The average Bonchev–Trinajstić information content (AvgIpc) is 2.97. The van der Waals surface area contributed by atoms with Crippen LogP contribution in [-0.2, 0) is 17.8 Å². The molecule has 0 saturated heterocycles. The first-order valence-corrected chi connectivity index (χ1v) is 5.76. The summed E-state index contributed by atoms with van der Waals surface area (Å²) < 4.78 is 7.37. The van der Waals surface area contributed by atoms with Gasteiger partial charge in [-0.2, -0.15) is 0 Å². The van der Waals surface area contributed by atoms with Crippen molar-refractivity contribution in [2.75, 3.05) is 13.7 Å². The van der Waals surface area contributed by atoms with Crippen LogP contribution in [0.1, 0.15) is 25.0 Å². The quantitative estimate of drug-likeness (QED) is 0.691. The van der Waals surface area contributed by atoms with Crippen LogP contribution in [0.15, 0.2) is 18.3 Å². The molecule has 0 unspecified atom stereocenters. The molecule has 2 rings (SSSR count). The minimum atomic E-state index is 0.785. The molecule has 0 spiro atoms. The number of nitrogens with one attached hydrogen (secondary N) is 1. The molecular weight excluding hydrogens is 188 g/mol. The lowest BCUT2D eigenvalue weighted by atomic mass is 10.4. The largest absolute Gasteiger partial charge is 0.385 e. The molecule has 1 aromatic rings. The van der Waals surface area contributed by atoms with Crippen LogP contribution in [0, 0.1) is 0 Å². The zero-order chi connectivity index (χ0) is 10.5. The maximum absolute atomic E-state index is 5.06. The van der Waals surface area contributed by atoms with Gasteiger partial charge in [0, 0.05) is 44.7 Å². The predicted molar refractivity (Wildman–Crippen MR) is 60.8 cm³/mol. The molecule has 1 aliphatic carbocycles. The molecule has 1 aromatic heterocycles. The number of nitrogens with zero attached hydrogens (tertiary/aromatic N) is 1. The maximum atomic E-state index is 5.06. The summed E-state index contributed by atoms with van der Waals surface area (Å²) >= 11 is 0. The van der Waals surface area contributed by atoms with Crippen molar-refractivity contribution >= 4 is 0 Å². The van der Waals surface area contributed by atoms with Crippen LogP contribution in [0.2, 0.25) is 0 Å². The summed E-state index contributed by atoms with van der Waals surface area (Å²) in [5, 5.41) is 3.54. The fourth-order valence-corrected chi connectivity index (χ4v) is 1.74. The van der Waals surface area contributed by atoms with Crippen molar-refractivity contribution in [3.63, 3.8) is 0 Å². The monoisotopic (exact) mass is 208 g/mol. The van der Waals surface area contributed by atoms with Gasteiger partial charge in [-0.1, -0.05) is 0 Å². The van der Waals surface area contributed by atoms with E-state index in [1.165, 1.54) is 18.5 Å². The van der Waals surface area contributed by atoms with Gasteiger partial charge in [-0.15, -0.1) is 0 Å². The molecule has 1 N–H and O–H groups in total. The predicted octanol–water partition coefficient (Wildman–Crippen LogP) is 1.78. The van der Waals surface area contributed by atoms with Crippen LogP contribution >= 0.6 is 0 Å². The number of aryl methyl sites for hydroxylation is 1. The van der Waals surface area contributed by atoms with E-state index in [-0.39, 0.29) is 0 Å². The van der Waals surface area contributed by atoms with E-state index in [2.05, 4.69) is 28.2 Å². The second-order valence-electron chi connectivity index (χ2n) is 4.19. The van der Waals surface area contributed by atoms with Crippen LogP contribution in [0.25, 0.3) is 0 Å². The Morgan fingerprint density at radius 3 is 3.13 bits per heavy atom. The third kappa shape index (κ3) is 3.36. The van der Waals surface area contributed by atoms with Crippen molar-refractivity contribution in [3.8, 4) is 0 Å². The lowest BCUT2D eigenvalue weighted by molar-refractivity contribution is 0.190. The Morgan fingerprint density at radius 1 is 1.53 bits per heavy atom. The summed E-state index contributed by atoms with van der Waals surface area (Å²) in [6, 6.07) is 5.10. The van der Waals surface area contributed by atoms with Crippen LogP contribution < -0.4 is 5.32 Å². The van der Waals surface area contributed by atoms with Gasteiger partial charge in [0.15, 0.2) is 0 Å². The highest BCUT2D eigenvalue weighted by molar-refractivity contribution is 5.07. The molecule has 0 aromatic carbocycles. The van der Waals surface area contributed by atoms with Crippen molar-refractivity contribution in [3.05, 3.63) is 24.0 Å².